The van der Waals surface area contributed by atoms with Crippen molar-refractivity contribution in [2.75, 3.05) is 6.54 Å². The minimum Gasteiger partial charge on any atom is -0.481 e. The molecule has 0 aliphatic heterocycles. The van der Waals surface area contributed by atoms with Crippen LogP contribution >= 0.6 is 0 Å². The fourth-order valence-electron chi connectivity index (χ4n) is 3.50. The van der Waals surface area contributed by atoms with Gasteiger partial charge in [-0.15, -0.1) is 0 Å². The Hall–Kier alpha value is -3.65. The Bertz CT molecular complexity index is 1110. The van der Waals surface area contributed by atoms with Gasteiger partial charge in [-0.1, -0.05) is 71.9 Å². The van der Waals surface area contributed by atoms with Crippen LogP contribution < -0.4 is 5.32 Å². The quantitative estimate of drug-likeness (QED) is 0.215. The largest absolute Gasteiger partial charge is 0.481 e. The van der Waals surface area contributed by atoms with Crippen LogP contribution in [0.1, 0.15) is 41.7 Å². The van der Waals surface area contributed by atoms with Gasteiger partial charge in [0, 0.05) is 24.9 Å². The number of halogens is 3. The van der Waals surface area contributed by atoms with Crippen molar-refractivity contribution in [2.24, 2.45) is 5.16 Å². The molecule has 1 unspecified atom stereocenters. The van der Waals surface area contributed by atoms with Gasteiger partial charge in [-0.3, -0.25) is 4.79 Å². The maximum Gasteiger partial charge on any atom is 0.417 e. The second-order valence-corrected chi connectivity index (χ2v) is 7.58. The van der Waals surface area contributed by atoms with Crippen LogP contribution in [0.5, 0.6) is 0 Å². The van der Waals surface area contributed by atoms with E-state index in [-0.39, 0.29) is 12.0 Å². The number of hydrogen-bond acceptors (Lipinski definition) is 4. The first kappa shape index (κ1) is 25.0. The highest BCUT2D eigenvalue weighted by Crippen LogP contribution is 2.40. The third-order valence-corrected chi connectivity index (χ3v) is 5.14. The summed E-state index contributed by atoms with van der Waals surface area (Å²) in [4.78, 5) is 16.2. The van der Waals surface area contributed by atoms with Crippen molar-refractivity contribution >= 4 is 12.2 Å². The van der Waals surface area contributed by atoms with E-state index in [4.69, 9.17) is 9.94 Å². The van der Waals surface area contributed by atoms with E-state index in [1.807, 2.05) is 12.1 Å². The highest BCUT2D eigenvalue weighted by Gasteiger charge is 2.35. The predicted octanol–water partition coefficient (Wildman–Crippen LogP) is 6.05. The molecule has 0 aliphatic carbocycles. The number of carboxylic acid groups (broad SMARTS) is 1. The normalized spacial score (nSPS) is 12.6. The molecule has 3 aromatic carbocycles. The van der Waals surface area contributed by atoms with Crippen molar-refractivity contribution in [1.29, 1.82) is 0 Å². The molecule has 0 aliphatic rings. The van der Waals surface area contributed by atoms with Crippen LogP contribution in [0.25, 0.3) is 11.1 Å². The fraction of sp³-hybridized carbons (Fsp3) is 0.231. The van der Waals surface area contributed by atoms with E-state index in [1.54, 1.807) is 55.5 Å². The van der Waals surface area contributed by atoms with E-state index >= 15 is 0 Å². The number of benzene rings is 3. The Kier molecular flexibility index (Phi) is 8.43. The molecule has 0 radical (unpaired) electrons. The van der Waals surface area contributed by atoms with Crippen molar-refractivity contribution in [1.82, 2.24) is 5.32 Å². The second kappa shape index (κ2) is 11.5. The van der Waals surface area contributed by atoms with E-state index in [2.05, 4.69) is 10.5 Å². The number of nitrogens with one attached hydrogen (secondary N) is 1. The van der Waals surface area contributed by atoms with Crippen molar-refractivity contribution in [3.8, 4) is 11.1 Å². The van der Waals surface area contributed by atoms with Gasteiger partial charge in [-0.05, 0) is 35.2 Å². The number of aliphatic carboxylic acids is 1. The SMILES string of the molecule is CC=NOC(c1ccc(CNCCC(=O)O)cc1)c1ccc(-c2ccccc2)c(C(F)(F)F)c1. The van der Waals surface area contributed by atoms with Gasteiger partial charge in [0.15, 0.2) is 6.10 Å². The Morgan fingerprint density at radius 1 is 1.06 bits per heavy atom. The molecule has 3 aromatic rings. The first-order chi connectivity index (χ1) is 16.3. The average Bonchev–Trinajstić information content (AvgIpc) is 2.83. The predicted molar refractivity (Wildman–Crippen MR) is 124 cm³/mol. The smallest absolute Gasteiger partial charge is 0.417 e. The van der Waals surface area contributed by atoms with Crippen LogP contribution in [0, 0.1) is 0 Å². The van der Waals surface area contributed by atoms with Crippen molar-refractivity contribution in [3.63, 3.8) is 0 Å². The molecular formula is C26H25F3N2O3. The molecule has 0 saturated heterocycles. The molecule has 0 fully saturated rings. The highest BCUT2D eigenvalue weighted by molar-refractivity contribution is 5.69. The maximum absolute atomic E-state index is 14.0. The van der Waals surface area contributed by atoms with Crippen molar-refractivity contribution in [2.45, 2.75) is 32.2 Å². The van der Waals surface area contributed by atoms with Crippen molar-refractivity contribution in [3.05, 3.63) is 95.1 Å². The number of hydrogen-bond donors (Lipinski definition) is 2. The molecule has 5 nitrogen and oxygen atoms in total. The minimum atomic E-state index is -4.55. The van der Waals surface area contributed by atoms with Gasteiger partial charge >= 0.3 is 12.1 Å². The van der Waals surface area contributed by atoms with E-state index < -0.39 is 23.8 Å². The zero-order chi connectivity index (χ0) is 24.6. The molecule has 0 heterocycles. The minimum absolute atomic E-state index is 0.0174. The number of nitrogens with zero attached hydrogens (tertiary/aromatic N) is 1. The zero-order valence-electron chi connectivity index (χ0n) is 18.5. The van der Waals surface area contributed by atoms with Crippen LogP contribution in [0.3, 0.4) is 0 Å². The Morgan fingerprint density at radius 3 is 2.35 bits per heavy atom. The molecule has 0 bridgehead atoms. The van der Waals surface area contributed by atoms with E-state index in [0.717, 1.165) is 11.6 Å². The first-order valence-electron chi connectivity index (χ1n) is 10.7. The van der Waals surface area contributed by atoms with Gasteiger partial charge in [0.2, 0.25) is 0 Å². The second-order valence-electron chi connectivity index (χ2n) is 7.58. The molecule has 3 rings (SSSR count). The number of oxime groups is 1. The van der Waals surface area contributed by atoms with Gasteiger partial charge in [0.25, 0.3) is 0 Å². The lowest BCUT2D eigenvalue weighted by Crippen LogP contribution is -2.17. The molecule has 2 N–H and O–H groups in total. The fourth-order valence-corrected chi connectivity index (χ4v) is 3.50. The summed E-state index contributed by atoms with van der Waals surface area (Å²) in [6, 6.07) is 19.8. The molecule has 1 atom stereocenters. The standard InChI is InChI=1S/C26H25F3N2O3/c1-2-31-34-25(20-10-8-18(9-11-20)17-30-15-14-24(32)33)21-12-13-22(19-6-4-3-5-7-19)23(16-21)26(27,28)29/h2-13,16,25,30H,14-15,17H2,1H3,(H,32,33). The van der Waals surface area contributed by atoms with Crippen molar-refractivity contribution < 1.29 is 27.9 Å². The highest BCUT2D eigenvalue weighted by atomic mass is 19.4. The molecule has 0 aromatic heterocycles. The maximum atomic E-state index is 14.0. The summed E-state index contributed by atoms with van der Waals surface area (Å²) < 4.78 is 41.9. The van der Waals surface area contributed by atoms with Crippen LogP contribution in [-0.4, -0.2) is 23.8 Å². The number of carboxylic acids is 1. The van der Waals surface area contributed by atoms with Crippen LogP contribution in [0.15, 0.2) is 78.0 Å². The summed E-state index contributed by atoms with van der Waals surface area (Å²) in [6.07, 6.45) is -3.94. The molecule has 8 heteroatoms. The lowest BCUT2D eigenvalue weighted by molar-refractivity contribution is -0.138. The monoisotopic (exact) mass is 470 g/mol. The van der Waals surface area contributed by atoms with Gasteiger partial charge in [-0.2, -0.15) is 13.2 Å². The average molecular weight is 470 g/mol. The van der Waals surface area contributed by atoms with Gasteiger partial charge < -0.3 is 15.3 Å². The van der Waals surface area contributed by atoms with Crippen LogP contribution in [0.4, 0.5) is 13.2 Å². The Balaban J connectivity index is 1.91. The summed E-state index contributed by atoms with van der Waals surface area (Å²) in [5, 5.41) is 15.6. The lowest BCUT2D eigenvalue weighted by Gasteiger charge is -2.20. The molecule has 0 spiro atoms. The molecule has 34 heavy (non-hydrogen) atoms. The summed E-state index contributed by atoms with van der Waals surface area (Å²) in [7, 11) is 0. The zero-order valence-corrected chi connectivity index (χ0v) is 18.5. The lowest BCUT2D eigenvalue weighted by atomic mass is 9.93. The molecular weight excluding hydrogens is 445 g/mol. The third-order valence-electron chi connectivity index (χ3n) is 5.14. The van der Waals surface area contributed by atoms with E-state index in [1.165, 1.54) is 12.3 Å². The first-order valence-corrected chi connectivity index (χ1v) is 10.7. The topological polar surface area (TPSA) is 70.9 Å². The van der Waals surface area contributed by atoms with E-state index in [9.17, 15) is 18.0 Å². The summed E-state index contributed by atoms with van der Waals surface area (Å²) >= 11 is 0. The van der Waals surface area contributed by atoms with Gasteiger partial charge in [0.05, 0.1) is 12.0 Å². The Morgan fingerprint density at radius 2 is 1.74 bits per heavy atom. The number of alkyl halides is 3. The molecule has 0 amide bonds. The van der Waals surface area contributed by atoms with Gasteiger partial charge in [-0.25, -0.2) is 0 Å². The molecule has 0 saturated carbocycles. The summed E-state index contributed by atoms with van der Waals surface area (Å²) in [5.74, 6) is -0.879. The van der Waals surface area contributed by atoms with Gasteiger partial charge in [0.1, 0.15) is 0 Å². The summed E-state index contributed by atoms with van der Waals surface area (Å²) in [6.45, 7) is 2.46. The molecule has 178 valence electrons. The van der Waals surface area contributed by atoms with Crippen LogP contribution in [0.2, 0.25) is 0 Å². The Labute approximate surface area is 195 Å². The number of rotatable bonds is 10. The van der Waals surface area contributed by atoms with Crippen LogP contribution in [-0.2, 0) is 22.4 Å². The van der Waals surface area contributed by atoms with E-state index in [0.29, 0.717) is 29.8 Å². The number of carbonyl (C=O) groups is 1. The summed E-state index contributed by atoms with van der Waals surface area (Å²) in [5.41, 5.74) is 1.69. The third kappa shape index (κ3) is 6.68.